The molecule has 0 aliphatic heterocycles. The second-order valence-corrected chi connectivity index (χ2v) is 4.31. The summed E-state index contributed by atoms with van der Waals surface area (Å²) in [7, 11) is 0. The number of hydrogen-bond acceptors (Lipinski definition) is 2. The van der Waals surface area contributed by atoms with Crippen LogP contribution < -0.4 is 5.73 Å². The molecule has 70 valence electrons. The van der Waals surface area contributed by atoms with Gasteiger partial charge in [0.1, 0.15) is 0 Å². The molecule has 2 heteroatoms. The third-order valence-corrected chi connectivity index (χ3v) is 3.20. The summed E-state index contributed by atoms with van der Waals surface area (Å²) in [4.78, 5) is 2.63. The van der Waals surface area contributed by atoms with Crippen molar-refractivity contribution in [3.8, 4) is 0 Å². The molecule has 0 aromatic heterocycles. The van der Waals surface area contributed by atoms with Crippen molar-refractivity contribution in [1.82, 2.24) is 4.90 Å². The van der Waals surface area contributed by atoms with Gasteiger partial charge in [-0.1, -0.05) is 6.42 Å². The van der Waals surface area contributed by atoms with Crippen LogP contribution in [0.15, 0.2) is 0 Å². The molecule has 0 unspecified atom stereocenters. The largest absolute Gasteiger partial charge is 0.329 e. The van der Waals surface area contributed by atoms with Crippen molar-refractivity contribution in [3.63, 3.8) is 0 Å². The van der Waals surface area contributed by atoms with Gasteiger partial charge in [0.05, 0.1) is 0 Å². The van der Waals surface area contributed by atoms with Crippen molar-refractivity contribution < 1.29 is 0 Å². The average molecular weight is 168 g/mol. The van der Waals surface area contributed by atoms with Crippen molar-refractivity contribution >= 4 is 0 Å². The number of nitrogens with two attached hydrogens (primary N) is 1. The van der Waals surface area contributed by atoms with Gasteiger partial charge in [-0.25, -0.2) is 0 Å². The molecule has 2 aliphatic carbocycles. The van der Waals surface area contributed by atoms with Gasteiger partial charge in [0, 0.05) is 25.7 Å². The molecule has 2 saturated carbocycles. The molecule has 0 saturated heterocycles. The molecule has 12 heavy (non-hydrogen) atoms. The monoisotopic (exact) mass is 168 g/mol. The molecular formula is C10H20N2. The van der Waals surface area contributed by atoms with E-state index >= 15 is 0 Å². The van der Waals surface area contributed by atoms with Gasteiger partial charge in [-0.05, 0) is 31.6 Å². The Balaban J connectivity index is 1.74. The smallest absolute Gasteiger partial charge is 0.0108 e. The van der Waals surface area contributed by atoms with E-state index in [0.29, 0.717) is 0 Å². The van der Waals surface area contributed by atoms with Crippen molar-refractivity contribution in [2.24, 2.45) is 11.7 Å². The zero-order valence-corrected chi connectivity index (χ0v) is 7.84. The van der Waals surface area contributed by atoms with E-state index in [4.69, 9.17) is 5.73 Å². The lowest BCUT2D eigenvalue weighted by Gasteiger charge is -2.37. The summed E-state index contributed by atoms with van der Waals surface area (Å²) in [6.45, 7) is 3.30. The second-order valence-electron chi connectivity index (χ2n) is 4.31. The van der Waals surface area contributed by atoms with Gasteiger partial charge in [-0.3, -0.25) is 4.90 Å². The van der Waals surface area contributed by atoms with E-state index in [2.05, 4.69) is 4.90 Å². The van der Waals surface area contributed by atoms with Crippen molar-refractivity contribution in [2.75, 3.05) is 19.6 Å². The van der Waals surface area contributed by atoms with E-state index in [1.807, 2.05) is 0 Å². The molecule has 0 spiro atoms. The standard InChI is InChI=1S/C10H20N2/c11-6-7-12(8-9-4-5-9)10-2-1-3-10/h9-10H,1-8,11H2. The molecule has 0 bridgehead atoms. The Kier molecular flexibility index (Phi) is 2.66. The van der Waals surface area contributed by atoms with Crippen LogP contribution in [0.5, 0.6) is 0 Å². The molecule has 2 aliphatic rings. The Labute approximate surface area is 75.1 Å². The van der Waals surface area contributed by atoms with Crippen LogP contribution in [0.4, 0.5) is 0 Å². The zero-order valence-electron chi connectivity index (χ0n) is 7.84. The fourth-order valence-corrected chi connectivity index (χ4v) is 1.97. The van der Waals surface area contributed by atoms with Gasteiger partial charge in [0.15, 0.2) is 0 Å². The lowest BCUT2D eigenvalue weighted by molar-refractivity contribution is 0.125. The third-order valence-electron chi connectivity index (χ3n) is 3.20. The lowest BCUT2D eigenvalue weighted by Crippen LogP contribution is -2.43. The van der Waals surface area contributed by atoms with Crippen LogP contribution in [0.25, 0.3) is 0 Å². The van der Waals surface area contributed by atoms with E-state index in [-0.39, 0.29) is 0 Å². The van der Waals surface area contributed by atoms with Crippen LogP contribution in [0.3, 0.4) is 0 Å². The first-order valence-electron chi connectivity index (χ1n) is 5.34. The molecule has 0 heterocycles. The van der Waals surface area contributed by atoms with Crippen molar-refractivity contribution in [2.45, 2.75) is 38.1 Å². The minimum Gasteiger partial charge on any atom is -0.329 e. The Morgan fingerprint density at radius 1 is 1.17 bits per heavy atom. The van der Waals surface area contributed by atoms with Gasteiger partial charge in [-0.15, -0.1) is 0 Å². The lowest BCUT2D eigenvalue weighted by atomic mass is 9.91. The topological polar surface area (TPSA) is 29.3 Å². The Hall–Kier alpha value is -0.0800. The first-order chi connectivity index (χ1) is 5.90. The molecule has 2 rings (SSSR count). The van der Waals surface area contributed by atoms with Crippen LogP contribution >= 0.6 is 0 Å². The molecule has 2 fully saturated rings. The fraction of sp³-hybridized carbons (Fsp3) is 1.00. The molecule has 0 radical (unpaired) electrons. The first-order valence-corrected chi connectivity index (χ1v) is 5.34. The van der Waals surface area contributed by atoms with Crippen LogP contribution in [0.1, 0.15) is 32.1 Å². The minimum atomic E-state index is 0.837. The maximum atomic E-state index is 5.60. The maximum absolute atomic E-state index is 5.60. The molecule has 2 nitrogen and oxygen atoms in total. The van der Waals surface area contributed by atoms with Gasteiger partial charge in [-0.2, -0.15) is 0 Å². The second kappa shape index (κ2) is 3.75. The molecule has 2 N–H and O–H groups in total. The highest BCUT2D eigenvalue weighted by Gasteiger charge is 2.30. The summed E-state index contributed by atoms with van der Waals surface area (Å²) in [5.41, 5.74) is 5.60. The SMILES string of the molecule is NCCN(CC1CC1)C1CCC1. The molecule has 0 atom stereocenters. The summed E-state index contributed by atoms with van der Waals surface area (Å²) < 4.78 is 0. The predicted octanol–water partition coefficient (Wildman–Crippen LogP) is 1.21. The summed E-state index contributed by atoms with van der Waals surface area (Å²) in [6.07, 6.45) is 7.22. The van der Waals surface area contributed by atoms with E-state index < -0.39 is 0 Å². The normalized spacial score (nSPS) is 24.5. The highest BCUT2D eigenvalue weighted by molar-refractivity contribution is 4.85. The zero-order chi connectivity index (χ0) is 8.39. The van der Waals surface area contributed by atoms with Crippen LogP contribution in [-0.2, 0) is 0 Å². The highest BCUT2D eigenvalue weighted by atomic mass is 15.2. The summed E-state index contributed by atoms with van der Waals surface area (Å²) in [5.74, 6) is 1.03. The van der Waals surface area contributed by atoms with E-state index in [1.54, 1.807) is 0 Å². The van der Waals surface area contributed by atoms with Gasteiger partial charge < -0.3 is 5.73 Å². The van der Waals surface area contributed by atoms with Crippen molar-refractivity contribution in [3.05, 3.63) is 0 Å². The maximum Gasteiger partial charge on any atom is 0.0108 e. The summed E-state index contributed by atoms with van der Waals surface area (Å²) in [5, 5.41) is 0. The highest BCUT2D eigenvalue weighted by Crippen LogP contribution is 2.33. The summed E-state index contributed by atoms with van der Waals surface area (Å²) in [6, 6.07) is 0.897. The van der Waals surface area contributed by atoms with Gasteiger partial charge in [0.2, 0.25) is 0 Å². The number of rotatable bonds is 5. The van der Waals surface area contributed by atoms with E-state index in [9.17, 15) is 0 Å². The quantitative estimate of drug-likeness (QED) is 0.668. The molecule has 0 aromatic carbocycles. The van der Waals surface area contributed by atoms with Crippen LogP contribution in [-0.4, -0.2) is 30.6 Å². The van der Waals surface area contributed by atoms with E-state index in [1.165, 1.54) is 38.6 Å². The average Bonchev–Trinajstić information content (AvgIpc) is 2.68. The van der Waals surface area contributed by atoms with E-state index in [0.717, 1.165) is 25.0 Å². The minimum absolute atomic E-state index is 0.837. The Morgan fingerprint density at radius 3 is 2.33 bits per heavy atom. The number of hydrogen-bond donors (Lipinski definition) is 1. The van der Waals surface area contributed by atoms with Gasteiger partial charge >= 0.3 is 0 Å². The number of nitrogens with zero attached hydrogens (tertiary/aromatic N) is 1. The van der Waals surface area contributed by atoms with Crippen molar-refractivity contribution in [1.29, 1.82) is 0 Å². The Morgan fingerprint density at radius 2 is 1.92 bits per heavy atom. The van der Waals surface area contributed by atoms with Gasteiger partial charge in [0.25, 0.3) is 0 Å². The summed E-state index contributed by atoms with van der Waals surface area (Å²) >= 11 is 0. The van der Waals surface area contributed by atoms with Crippen LogP contribution in [0.2, 0.25) is 0 Å². The Bertz CT molecular complexity index is 139. The van der Waals surface area contributed by atoms with Crippen LogP contribution in [0, 0.1) is 5.92 Å². The third kappa shape index (κ3) is 1.99. The molecule has 0 aromatic rings. The first kappa shape index (κ1) is 8.52. The molecular weight excluding hydrogens is 148 g/mol. The molecule has 0 amide bonds. The fourth-order valence-electron chi connectivity index (χ4n) is 1.97. The predicted molar refractivity (Wildman–Crippen MR) is 51.0 cm³/mol.